The van der Waals surface area contributed by atoms with E-state index in [2.05, 4.69) is 0 Å². The Morgan fingerprint density at radius 3 is 2.64 bits per heavy atom. The van der Waals surface area contributed by atoms with Crippen LogP contribution in [0.15, 0.2) is 12.1 Å². The molecule has 72 valence electrons. The SMILES string of the molecule is N#CCc1c([N+](=O)[O-])ccc(Cl)c1Cl. The summed E-state index contributed by atoms with van der Waals surface area (Å²) in [4.78, 5) is 9.97. The number of nitriles is 1. The van der Waals surface area contributed by atoms with Crippen LogP contribution < -0.4 is 0 Å². The molecule has 0 amide bonds. The molecule has 0 spiro atoms. The maximum atomic E-state index is 10.6. The van der Waals surface area contributed by atoms with E-state index < -0.39 is 4.92 Å². The first-order valence-corrected chi connectivity index (χ1v) is 4.31. The first kappa shape index (κ1) is 10.8. The average Bonchev–Trinajstić information content (AvgIpc) is 2.13. The molecule has 0 aromatic heterocycles. The van der Waals surface area contributed by atoms with E-state index in [4.69, 9.17) is 28.5 Å². The van der Waals surface area contributed by atoms with Crippen LogP contribution in [-0.4, -0.2) is 4.92 Å². The molecule has 0 aliphatic heterocycles. The van der Waals surface area contributed by atoms with Crippen molar-refractivity contribution in [2.24, 2.45) is 0 Å². The molecule has 1 aromatic rings. The highest BCUT2D eigenvalue weighted by atomic mass is 35.5. The normalized spacial score (nSPS) is 9.50. The quantitative estimate of drug-likeness (QED) is 0.580. The summed E-state index contributed by atoms with van der Waals surface area (Å²) in [5.41, 5.74) is -0.0207. The molecule has 0 unspecified atom stereocenters. The van der Waals surface area contributed by atoms with Crippen LogP contribution in [0, 0.1) is 21.4 Å². The van der Waals surface area contributed by atoms with Gasteiger partial charge in [-0.05, 0) is 6.07 Å². The molecule has 0 atom stereocenters. The predicted molar refractivity (Wildman–Crippen MR) is 52.4 cm³/mol. The fraction of sp³-hybridized carbons (Fsp3) is 0.125. The van der Waals surface area contributed by atoms with Gasteiger partial charge in [0.1, 0.15) is 0 Å². The van der Waals surface area contributed by atoms with Crippen molar-refractivity contribution in [2.75, 3.05) is 0 Å². The van der Waals surface area contributed by atoms with Gasteiger partial charge in [0.2, 0.25) is 0 Å². The molecule has 0 bridgehead atoms. The Kier molecular flexibility index (Phi) is 3.28. The van der Waals surface area contributed by atoms with Crippen molar-refractivity contribution in [1.29, 1.82) is 5.26 Å². The first-order valence-electron chi connectivity index (χ1n) is 3.56. The lowest BCUT2D eigenvalue weighted by atomic mass is 10.1. The number of nitro benzene ring substituents is 1. The summed E-state index contributed by atoms with van der Waals surface area (Å²) < 4.78 is 0. The monoisotopic (exact) mass is 230 g/mol. The average molecular weight is 231 g/mol. The zero-order valence-electron chi connectivity index (χ0n) is 6.83. The zero-order valence-corrected chi connectivity index (χ0v) is 8.34. The fourth-order valence-corrected chi connectivity index (χ4v) is 1.40. The third kappa shape index (κ3) is 1.95. The molecule has 0 saturated carbocycles. The molecular formula is C8H4Cl2N2O2. The van der Waals surface area contributed by atoms with Crippen molar-refractivity contribution in [3.8, 4) is 6.07 Å². The van der Waals surface area contributed by atoms with Crippen LogP contribution in [0.25, 0.3) is 0 Å². The number of hydrogen-bond donors (Lipinski definition) is 0. The molecule has 0 saturated heterocycles. The van der Waals surface area contributed by atoms with Crippen LogP contribution in [0.4, 0.5) is 5.69 Å². The lowest BCUT2D eigenvalue weighted by Crippen LogP contribution is -1.95. The summed E-state index contributed by atoms with van der Waals surface area (Å²) in [5.74, 6) is 0. The minimum absolute atomic E-state index is 0.0717. The Morgan fingerprint density at radius 1 is 1.50 bits per heavy atom. The van der Waals surface area contributed by atoms with Gasteiger partial charge >= 0.3 is 0 Å². The summed E-state index contributed by atoms with van der Waals surface area (Å²) >= 11 is 11.4. The maximum absolute atomic E-state index is 10.6. The van der Waals surface area contributed by atoms with Crippen LogP contribution in [-0.2, 0) is 6.42 Å². The van der Waals surface area contributed by atoms with Crippen molar-refractivity contribution in [1.82, 2.24) is 0 Å². The molecule has 0 aliphatic carbocycles. The second-order valence-electron chi connectivity index (χ2n) is 2.45. The van der Waals surface area contributed by atoms with Gasteiger partial charge in [0.15, 0.2) is 0 Å². The van der Waals surface area contributed by atoms with Gasteiger partial charge in [0.05, 0.1) is 33.0 Å². The highest BCUT2D eigenvalue weighted by Crippen LogP contribution is 2.32. The molecule has 0 fully saturated rings. The van der Waals surface area contributed by atoms with Gasteiger partial charge in [-0.1, -0.05) is 23.2 Å². The van der Waals surface area contributed by atoms with Gasteiger partial charge in [-0.15, -0.1) is 0 Å². The second kappa shape index (κ2) is 4.27. The number of benzene rings is 1. The van der Waals surface area contributed by atoms with Crippen molar-refractivity contribution in [2.45, 2.75) is 6.42 Å². The van der Waals surface area contributed by atoms with E-state index in [-0.39, 0.29) is 27.7 Å². The molecule has 1 aromatic carbocycles. The minimum atomic E-state index is -0.588. The van der Waals surface area contributed by atoms with Gasteiger partial charge in [0, 0.05) is 6.07 Å². The maximum Gasteiger partial charge on any atom is 0.275 e. The van der Waals surface area contributed by atoms with E-state index in [1.54, 1.807) is 6.07 Å². The summed E-state index contributed by atoms with van der Waals surface area (Å²) in [6.07, 6.45) is -0.129. The van der Waals surface area contributed by atoms with Crippen molar-refractivity contribution in [3.63, 3.8) is 0 Å². The van der Waals surface area contributed by atoms with Gasteiger partial charge in [0.25, 0.3) is 5.69 Å². The number of halogens is 2. The Morgan fingerprint density at radius 2 is 2.14 bits per heavy atom. The number of nitrogens with zero attached hydrogens (tertiary/aromatic N) is 2. The Hall–Kier alpha value is -1.31. The lowest BCUT2D eigenvalue weighted by molar-refractivity contribution is -0.385. The molecule has 14 heavy (non-hydrogen) atoms. The first-order chi connectivity index (χ1) is 6.57. The van der Waals surface area contributed by atoms with E-state index in [9.17, 15) is 10.1 Å². The van der Waals surface area contributed by atoms with Crippen LogP contribution in [0.1, 0.15) is 5.56 Å². The van der Waals surface area contributed by atoms with Gasteiger partial charge in [-0.3, -0.25) is 10.1 Å². The van der Waals surface area contributed by atoms with Crippen molar-refractivity contribution in [3.05, 3.63) is 37.9 Å². The molecule has 0 radical (unpaired) electrons. The highest BCUT2D eigenvalue weighted by molar-refractivity contribution is 6.42. The summed E-state index contributed by atoms with van der Waals surface area (Å²) in [7, 11) is 0. The zero-order chi connectivity index (χ0) is 10.7. The van der Waals surface area contributed by atoms with E-state index in [0.29, 0.717) is 0 Å². The molecule has 6 heteroatoms. The van der Waals surface area contributed by atoms with Gasteiger partial charge in [-0.25, -0.2) is 0 Å². The van der Waals surface area contributed by atoms with E-state index >= 15 is 0 Å². The van der Waals surface area contributed by atoms with E-state index in [1.165, 1.54) is 12.1 Å². The smallest absolute Gasteiger partial charge is 0.258 e. The lowest BCUT2D eigenvalue weighted by Gasteiger charge is -2.02. The Labute approximate surface area is 89.8 Å². The van der Waals surface area contributed by atoms with Gasteiger partial charge < -0.3 is 0 Å². The van der Waals surface area contributed by atoms with Crippen LogP contribution in [0.3, 0.4) is 0 Å². The van der Waals surface area contributed by atoms with Crippen LogP contribution >= 0.6 is 23.2 Å². The summed E-state index contributed by atoms with van der Waals surface area (Å²) in [6, 6.07) is 4.37. The van der Waals surface area contributed by atoms with Crippen LogP contribution in [0.2, 0.25) is 10.0 Å². The number of rotatable bonds is 2. The van der Waals surface area contributed by atoms with E-state index in [0.717, 1.165) is 0 Å². The molecule has 1 rings (SSSR count). The third-order valence-electron chi connectivity index (χ3n) is 1.62. The van der Waals surface area contributed by atoms with Crippen molar-refractivity contribution >= 4 is 28.9 Å². The minimum Gasteiger partial charge on any atom is -0.258 e. The standard InChI is InChI=1S/C8H4Cl2N2O2/c9-6-1-2-7(12(13)14)5(3-4-11)8(6)10/h1-2H,3H2. The highest BCUT2D eigenvalue weighted by Gasteiger charge is 2.18. The molecule has 4 nitrogen and oxygen atoms in total. The molecule has 0 heterocycles. The Balaban J connectivity index is 3.39. The molecule has 0 aliphatic rings. The summed E-state index contributed by atoms with van der Waals surface area (Å²) in [6.45, 7) is 0. The second-order valence-corrected chi connectivity index (χ2v) is 3.24. The largest absolute Gasteiger partial charge is 0.275 e. The number of hydrogen-bond acceptors (Lipinski definition) is 3. The Bertz CT molecular complexity index is 426. The third-order valence-corrected chi connectivity index (χ3v) is 2.47. The molecular weight excluding hydrogens is 227 g/mol. The van der Waals surface area contributed by atoms with Gasteiger partial charge in [-0.2, -0.15) is 5.26 Å². The van der Waals surface area contributed by atoms with Crippen molar-refractivity contribution < 1.29 is 4.92 Å². The number of nitro groups is 1. The van der Waals surface area contributed by atoms with Crippen LogP contribution in [0.5, 0.6) is 0 Å². The fourth-order valence-electron chi connectivity index (χ4n) is 1.00. The molecule has 0 N–H and O–H groups in total. The predicted octanol–water partition coefficient (Wildman–Crippen LogP) is 2.97. The topological polar surface area (TPSA) is 66.9 Å². The summed E-state index contributed by atoms with van der Waals surface area (Å²) in [5, 5.41) is 19.3. The van der Waals surface area contributed by atoms with E-state index in [1.807, 2.05) is 0 Å².